The summed E-state index contributed by atoms with van der Waals surface area (Å²) < 4.78 is 0. The van der Waals surface area contributed by atoms with Crippen LogP contribution in [0.3, 0.4) is 0 Å². The van der Waals surface area contributed by atoms with Gasteiger partial charge in [-0.15, -0.1) is 0 Å². The van der Waals surface area contributed by atoms with Gasteiger partial charge in [-0.3, -0.25) is 14.8 Å². The molecule has 1 aromatic heterocycles. The van der Waals surface area contributed by atoms with Crippen molar-refractivity contribution in [3.63, 3.8) is 0 Å². The van der Waals surface area contributed by atoms with Gasteiger partial charge in [0.1, 0.15) is 6.33 Å². The number of carbonyl (C=O) groups is 1. The Kier molecular flexibility index (Phi) is 3.24. The highest BCUT2D eigenvalue weighted by Gasteiger charge is 2.21. The molecule has 2 aromatic carbocycles. The fraction of sp³-hybridized carbons (Fsp3) is 0. The molecule has 0 aliphatic carbocycles. The van der Waals surface area contributed by atoms with Gasteiger partial charge in [0.2, 0.25) is 5.82 Å². The monoisotopic (exact) mass is 264 g/mol. The number of amides is 1. The van der Waals surface area contributed by atoms with E-state index in [1.54, 1.807) is 4.90 Å². The van der Waals surface area contributed by atoms with Gasteiger partial charge in [-0.2, -0.15) is 5.10 Å². The summed E-state index contributed by atoms with van der Waals surface area (Å²) in [6.45, 7) is 0. The first-order chi connectivity index (χ1) is 9.86. The Balaban J connectivity index is 2.07. The molecule has 3 rings (SSSR count). The van der Waals surface area contributed by atoms with E-state index in [2.05, 4.69) is 15.2 Å². The molecule has 3 aromatic rings. The van der Waals surface area contributed by atoms with Crippen LogP contribution >= 0.6 is 0 Å². The molecular weight excluding hydrogens is 252 g/mol. The summed E-state index contributed by atoms with van der Waals surface area (Å²) in [7, 11) is 0. The van der Waals surface area contributed by atoms with Crippen LogP contribution < -0.4 is 4.90 Å². The largest absolute Gasteiger partial charge is 0.300 e. The van der Waals surface area contributed by atoms with Crippen molar-refractivity contribution in [1.82, 2.24) is 15.2 Å². The SMILES string of the molecule is O=C(c1ncn[nH]1)N(c1ccccc1)c1ccccc1. The Morgan fingerprint density at radius 1 is 0.900 bits per heavy atom. The third kappa shape index (κ3) is 2.29. The highest BCUT2D eigenvalue weighted by Crippen LogP contribution is 2.26. The van der Waals surface area contributed by atoms with Gasteiger partial charge < -0.3 is 0 Å². The van der Waals surface area contributed by atoms with Crippen LogP contribution in [-0.2, 0) is 0 Å². The highest BCUT2D eigenvalue weighted by atomic mass is 16.2. The second-order valence-electron chi connectivity index (χ2n) is 4.15. The van der Waals surface area contributed by atoms with Crippen molar-refractivity contribution in [2.45, 2.75) is 0 Å². The molecule has 0 saturated heterocycles. The maximum Gasteiger partial charge on any atom is 0.300 e. The molecule has 0 bridgehead atoms. The van der Waals surface area contributed by atoms with Crippen LogP contribution in [0.5, 0.6) is 0 Å². The number of aromatic amines is 1. The molecule has 5 nitrogen and oxygen atoms in total. The van der Waals surface area contributed by atoms with Crippen molar-refractivity contribution in [3.05, 3.63) is 72.8 Å². The Hall–Kier alpha value is -2.95. The zero-order valence-electron chi connectivity index (χ0n) is 10.6. The highest BCUT2D eigenvalue weighted by molar-refractivity contribution is 6.08. The predicted octanol–water partition coefficient (Wildman–Crippen LogP) is 2.78. The maximum atomic E-state index is 12.6. The number of nitrogens with one attached hydrogen (secondary N) is 1. The Morgan fingerprint density at radius 2 is 1.45 bits per heavy atom. The molecule has 0 radical (unpaired) electrons. The molecule has 0 aliphatic heterocycles. The predicted molar refractivity (Wildman–Crippen MR) is 75.7 cm³/mol. The molecule has 0 saturated carbocycles. The van der Waals surface area contributed by atoms with Gasteiger partial charge in [0, 0.05) is 11.4 Å². The third-order valence-corrected chi connectivity index (χ3v) is 2.85. The van der Waals surface area contributed by atoms with Crippen molar-refractivity contribution in [2.75, 3.05) is 4.90 Å². The Labute approximate surface area is 115 Å². The van der Waals surface area contributed by atoms with Crippen molar-refractivity contribution in [3.8, 4) is 0 Å². The van der Waals surface area contributed by atoms with Gasteiger partial charge in [-0.25, -0.2) is 4.98 Å². The van der Waals surface area contributed by atoms with Crippen LogP contribution in [0.4, 0.5) is 11.4 Å². The quantitative estimate of drug-likeness (QED) is 0.791. The number of para-hydroxylation sites is 2. The average molecular weight is 264 g/mol. The number of aromatic nitrogens is 3. The maximum absolute atomic E-state index is 12.6. The Morgan fingerprint density at radius 3 is 1.90 bits per heavy atom. The molecule has 1 amide bonds. The lowest BCUT2D eigenvalue weighted by Crippen LogP contribution is -2.26. The van der Waals surface area contributed by atoms with E-state index in [9.17, 15) is 4.79 Å². The fourth-order valence-electron chi connectivity index (χ4n) is 1.95. The number of hydrogen-bond donors (Lipinski definition) is 1. The minimum absolute atomic E-state index is 0.206. The molecule has 0 spiro atoms. The standard InChI is InChI=1S/C15H12N4O/c20-15(14-16-11-17-18-14)19(12-7-3-1-4-8-12)13-9-5-2-6-10-13/h1-11H,(H,16,17,18). The van der Waals surface area contributed by atoms with E-state index in [4.69, 9.17) is 0 Å². The summed E-state index contributed by atoms with van der Waals surface area (Å²) >= 11 is 0. The lowest BCUT2D eigenvalue weighted by molar-refractivity contribution is 0.0990. The number of H-pyrrole nitrogens is 1. The molecular formula is C15H12N4O. The van der Waals surface area contributed by atoms with E-state index >= 15 is 0 Å². The molecule has 0 unspecified atom stereocenters. The average Bonchev–Trinajstić information content (AvgIpc) is 3.04. The van der Waals surface area contributed by atoms with Gasteiger partial charge in [-0.1, -0.05) is 36.4 Å². The van der Waals surface area contributed by atoms with Crippen molar-refractivity contribution in [2.24, 2.45) is 0 Å². The van der Waals surface area contributed by atoms with Crippen molar-refractivity contribution < 1.29 is 4.79 Å². The number of benzene rings is 2. The minimum atomic E-state index is -0.250. The summed E-state index contributed by atoms with van der Waals surface area (Å²) in [5.41, 5.74) is 1.56. The Bertz CT molecular complexity index is 641. The fourth-order valence-corrected chi connectivity index (χ4v) is 1.95. The second kappa shape index (κ2) is 5.36. The van der Waals surface area contributed by atoms with E-state index in [0.717, 1.165) is 11.4 Å². The molecule has 0 aliphatic rings. The number of rotatable bonds is 3. The van der Waals surface area contributed by atoms with Crippen LogP contribution in [0, 0.1) is 0 Å². The van der Waals surface area contributed by atoms with Crippen LogP contribution in [-0.4, -0.2) is 21.1 Å². The summed E-state index contributed by atoms with van der Waals surface area (Å²) in [5.74, 6) is -0.0439. The number of anilines is 2. The molecule has 0 atom stereocenters. The molecule has 1 N–H and O–H groups in total. The van der Waals surface area contributed by atoms with Gasteiger partial charge in [0.25, 0.3) is 5.91 Å². The van der Waals surface area contributed by atoms with Crippen molar-refractivity contribution >= 4 is 17.3 Å². The molecule has 98 valence electrons. The first-order valence-electron chi connectivity index (χ1n) is 6.16. The normalized spacial score (nSPS) is 10.2. The van der Waals surface area contributed by atoms with E-state index in [1.165, 1.54) is 6.33 Å². The van der Waals surface area contributed by atoms with E-state index in [0.29, 0.717) is 0 Å². The number of hydrogen-bond acceptors (Lipinski definition) is 3. The zero-order chi connectivity index (χ0) is 13.8. The smallest absolute Gasteiger partial charge is 0.274 e. The summed E-state index contributed by atoms with van der Waals surface area (Å²) in [4.78, 5) is 18.1. The summed E-state index contributed by atoms with van der Waals surface area (Å²) in [6, 6.07) is 18.9. The first-order valence-corrected chi connectivity index (χ1v) is 6.16. The zero-order valence-corrected chi connectivity index (χ0v) is 10.6. The summed E-state index contributed by atoms with van der Waals surface area (Å²) in [5, 5.41) is 6.33. The number of nitrogens with zero attached hydrogens (tertiary/aromatic N) is 3. The molecule has 1 heterocycles. The number of carbonyl (C=O) groups excluding carboxylic acids is 1. The van der Waals surface area contributed by atoms with E-state index in [-0.39, 0.29) is 11.7 Å². The van der Waals surface area contributed by atoms with E-state index < -0.39 is 0 Å². The lowest BCUT2D eigenvalue weighted by atomic mass is 10.2. The van der Waals surface area contributed by atoms with Crippen LogP contribution in [0.2, 0.25) is 0 Å². The van der Waals surface area contributed by atoms with Gasteiger partial charge in [0.15, 0.2) is 0 Å². The van der Waals surface area contributed by atoms with Crippen LogP contribution in [0.15, 0.2) is 67.0 Å². The second-order valence-corrected chi connectivity index (χ2v) is 4.15. The molecule has 0 fully saturated rings. The topological polar surface area (TPSA) is 61.9 Å². The van der Waals surface area contributed by atoms with E-state index in [1.807, 2.05) is 60.7 Å². The van der Waals surface area contributed by atoms with Gasteiger partial charge >= 0.3 is 0 Å². The minimum Gasteiger partial charge on any atom is -0.274 e. The van der Waals surface area contributed by atoms with Crippen molar-refractivity contribution in [1.29, 1.82) is 0 Å². The van der Waals surface area contributed by atoms with Crippen LogP contribution in [0.1, 0.15) is 10.6 Å². The third-order valence-electron chi connectivity index (χ3n) is 2.85. The van der Waals surface area contributed by atoms with Gasteiger partial charge in [-0.05, 0) is 24.3 Å². The van der Waals surface area contributed by atoms with Gasteiger partial charge in [0.05, 0.1) is 0 Å². The molecule has 5 heteroatoms. The van der Waals surface area contributed by atoms with Crippen LogP contribution in [0.25, 0.3) is 0 Å². The molecule has 20 heavy (non-hydrogen) atoms. The summed E-state index contributed by atoms with van der Waals surface area (Å²) in [6.07, 6.45) is 1.32. The lowest BCUT2D eigenvalue weighted by Gasteiger charge is -2.21. The first kappa shape index (κ1) is 12.1.